The first kappa shape index (κ1) is 8.07. The van der Waals surface area contributed by atoms with Crippen molar-refractivity contribution in [1.29, 1.82) is 0 Å². The smallest absolute Gasteiger partial charge is 0.335 e. The summed E-state index contributed by atoms with van der Waals surface area (Å²) in [6.07, 6.45) is 0.0245. The van der Waals surface area contributed by atoms with Gasteiger partial charge in [-0.2, -0.15) is 0 Å². The average Bonchev–Trinajstić information content (AvgIpc) is 2.09. The van der Waals surface area contributed by atoms with E-state index in [4.69, 9.17) is 11.6 Å². The van der Waals surface area contributed by atoms with Gasteiger partial charge in [0.1, 0.15) is 5.03 Å². The van der Waals surface area contributed by atoms with Gasteiger partial charge in [0.05, 0.1) is 0 Å². The predicted octanol–water partition coefficient (Wildman–Crippen LogP) is 0.555. The maximum atomic E-state index is 10.5. The second-order valence-corrected chi connectivity index (χ2v) is 2.34. The van der Waals surface area contributed by atoms with Gasteiger partial charge in [0, 0.05) is 13.0 Å². The number of carbonyl (C=O) groups is 2. The molecule has 11 heavy (non-hydrogen) atoms. The van der Waals surface area contributed by atoms with Gasteiger partial charge in [-0.15, -0.1) is 0 Å². The van der Waals surface area contributed by atoms with E-state index in [2.05, 4.69) is 9.47 Å². The van der Waals surface area contributed by atoms with Crippen molar-refractivity contribution in [1.82, 2.24) is 0 Å². The molecule has 0 aliphatic carbocycles. The van der Waals surface area contributed by atoms with Crippen LogP contribution in [0.2, 0.25) is 0 Å². The summed E-state index contributed by atoms with van der Waals surface area (Å²) in [4.78, 5) is 20.8. The molecule has 0 saturated carbocycles. The van der Waals surface area contributed by atoms with Gasteiger partial charge in [0.15, 0.2) is 0 Å². The molecule has 0 radical (unpaired) electrons. The zero-order valence-corrected chi connectivity index (χ0v) is 6.42. The molecular formula is C6H5ClO4. The van der Waals surface area contributed by atoms with E-state index in [1.807, 2.05) is 0 Å². The zero-order chi connectivity index (χ0) is 8.43. The molecule has 0 saturated heterocycles. The van der Waals surface area contributed by atoms with Crippen LogP contribution in [-0.2, 0) is 19.1 Å². The summed E-state index contributed by atoms with van der Waals surface area (Å²) >= 11 is 5.46. The van der Waals surface area contributed by atoms with Crippen molar-refractivity contribution in [2.75, 3.05) is 0 Å². The van der Waals surface area contributed by atoms with Crippen LogP contribution in [0.4, 0.5) is 0 Å². The van der Waals surface area contributed by atoms with Crippen molar-refractivity contribution in [3.05, 3.63) is 11.1 Å². The molecule has 0 aromatic heterocycles. The molecule has 5 heteroatoms. The van der Waals surface area contributed by atoms with E-state index >= 15 is 0 Å². The Balaban J connectivity index is 2.57. The van der Waals surface area contributed by atoms with Gasteiger partial charge in [-0.05, 0) is 0 Å². The first-order chi connectivity index (χ1) is 5.09. The van der Waals surface area contributed by atoms with Crippen molar-refractivity contribution >= 4 is 23.5 Å². The number of ether oxygens (including phenoxy) is 2. The molecule has 0 N–H and O–H groups in total. The maximum Gasteiger partial charge on any atom is 0.335 e. The summed E-state index contributed by atoms with van der Waals surface area (Å²) in [5.74, 6) is -1.14. The minimum Gasteiger partial charge on any atom is -0.420 e. The summed E-state index contributed by atoms with van der Waals surface area (Å²) in [5.41, 5.74) is 0. The number of halogens is 1. The van der Waals surface area contributed by atoms with Crippen molar-refractivity contribution in [3.8, 4) is 0 Å². The van der Waals surface area contributed by atoms with E-state index in [-0.39, 0.29) is 5.03 Å². The van der Waals surface area contributed by atoms with Crippen molar-refractivity contribution in [2.45, 2.75) is 13.2 Å². The van der Waals surface area contributed by atoms with Crippen LogP contribution in [0.15, 0.2) is 11.1 Å². The SMILES string of the molecule is CC(=O)OC1OC(=O)C=C1Cl. The standard InChI is InChI=1S/C6H5ClO4/c1-3(8)10-6-4(7)2-5(9)11-6/h2,6H,1H3. The van der Waals surface area contributed by atoms with Crippen LogP contribution in [0.1, 0.15) is 6.92 Å². The lowest BCUT2D eigenvalue weighted by Gasteiger charge is -2.08. The summed E-state index contributed by atoms with van der Waals surface area (Å²) in [6, 6.07) is 0. The normalized spacial score (nSPS) is 22.5. The Morgan fingerprint density at radius 2 is 2.45 bits per heavy atom. The van der Waals surface area contributed by atoms with Crippen LogP contribution >= 0.6 is 11.6 Å². The third kappa shape index (κ3) is 1.94. The summed E-state index contributed by atoms with van der Waals surface area (Å²) in [6.45, 7) is 1.20. The van der Waals surface area contributed by atoms with Gasteiger partial charge < -0.3 is 9.47 Å². The minimum absolute atomic E-state index is 0.0881. The quantitative estimate of drug-likeness (QED) is 0.548. The number of cyclic esters (lactones) is 1. The largest absolute Gasteiger partial charge is 0.420 e. The molecule has 0 fully saturated rings. The fraction of sp³-hybridized carbons (Fsp3) is 0.333. The third-order valence-corrected chi connectivity index (χ3v) is 1.26. The van der Waals surface area contributed by atoms with Crippen LogP contribution in [0, 0.1) is 0 Å². The molecule has 1 aliphatic rings. The molecule has 1 heterocycles. The first-order valence-corrected chi connectivity index (χ1v) is 3.22. The highest BCUT2D eigenvalue weighted by Crippen LogP contribution is 2.19. The van der Waals surface area contributed by atoms with E-state index in [1.54, 1.807) is 0 Å². The molecule has 4 nitrogen and oxygen atoms in total. The summed E-state index contributed by atoms with van der Waals surface area (Å²) < 4.78 is 8.99. The van der Waals surface area contributed by atoms with Crippen LogP contribution < -0.4 is 0 Å². The van der Waals surface area contributed by atoms with Gasteiger partial charge in [-0.25, -0.2) is 4.79 Å². The Hall–Kier alpha value is -1.03. The number of hydrogen-bond donors (Lipinski definition) is 0. The Morgan fingerprint density at radius 3 is 2.82 bits per heavy atom. The molecule has 1 unspecified atom stereocenters. The van der Waals surface area contributed by atoms with Gasteiger partial charge in [-0.3, -0.25) is 4.79 Å². The van der Waals surface area contributed by atoms with Crippen LogP contribution in [0.3, 0.4) is 0 Å². The van der Waals surface area contributed by atoms with Crippen molar-refractivity contribution < 1.29 is 19.1 Å². The zero-order valence-electron chi connectivity index (χ0n) is 5.67. The molecular weight excluding hydrogens is 172 g/mol. The highest BCUT2D eigenvalue weighted by molar-refractivity contribution is 6.32. The Morgan fingerprint density at radius 1 is 1.82 bits per heavy atom. The minimum atomic E-state index is -1.04. The highest BCUT2D eigenvalue weighted by Gasteiger charge is 2.27. The van der Waals surface area contributed by atoms with E-state index in [0.717, 1.165) is 6.08 Å². The third-order valence-electron chi connectivity index (χ3n) is 0.977. The average molecular weight is 177 g/mol. The van der Waals surface area contributed by atoms with E-state index in [1.165, 1.54) is 6.92 Å². The Bertz CT molecular complexity index is 233. The maximum absolute atomic E-state index is 10.5. The first-order valence-electron chi connectivity index (χ1n) is 2.84. The van der Waals surface area contributed by atoms with Gasteiger partial charge in [0.25, 0.3) is 6.29 Å². The fourth-order valence-corrected chi connectivity index (χ4v) is 0.786. The molecule has 1 atom stereocenters. The van der Waals surface area contributed by atoms with E-state index in [0.29, 0.717) is 0 Å². The lowest BCUT2D eigenvalue weighted by molar-refractivity contribution is -0.171. The van der Waals surface area contributed by atoms with Crippen molar-refractivity contribution in [2.24, 2.45) is 0 Å². The molecule has 0 aromatic rings. The number of esters is 2. The molecule has 0 bridgehead atoms. The Kier molecular flexibility index (Phi) is 2.14. The van der Waals surface area contributed by atoms with Crippen LogP contribution in [-0.4, -0.2) is 18.2 Å². The number of hydrogen-bond acceptors (Lipinski definition) is 4. The molecule has 1 rings (SSSR count). The number of rotatable bonds is 1. The van der Waals surface area contributed by atoms with E-state index in [9.17, 15) is 9.59 Å². The second-order valence-electron chi connectivity index (χ2n) is 1.91. The van der Waals surface area contributed by atoms with Crippen LogP contribution in [0.5, 0.6) is 0 Å². The monoisotopic (exact) mass is 176 g/mol. The van der Waals surface area contributed by atoms with Gasteiger partial charge in [-0.1, -0.05) is 11.6 Å². The molecule has 1 aliphatic heterocycles. The summed E-state index contributed by atoms with van der Waals surface area (Å²) in [5, 5.41) is 0.0881. The lowest BCUT2D eigenvalue weighted by Crippen LogP contribution is -2.17. The molecule has 0 spiro atoms. The molecule has 0 amide bonds. The molecule has 60 valence electrons. The van der Waals surface area contributed by atoms with E-state index < -0.39 is 18.2 Å². The topological polar surface area (TPSA) is 52.6 Å². The predicted molar refractivity (Wildman–Crippen MR) is 35.6 cm³/mol. The second kappa shape index (κ2) is 2.92. The highest BCUT2D eigenvalue weighted by atomic mass is 35.5. The van der Waals surface area contributed by atoms with Gasteiger partial charge >= 0.3 is 11.9 Å². The molecule has 0 aromatic carbocycles. The van der Waals surface area contributed by atoms with Gasteiger partial charge in [0.2, 0.25) is 0 Å². The van der Waals surface area contributed by atoms with Crippen LogP contribution in [0.25, 0.3) is 0 Å². The number of carbonyl (C=O) groups excluding carboxylic acids is 2. The Labute approximate surface area is 67.7 Å². The van der Waals surface area contributed by atoms with Crippen molar-refractivity contribution in [3.63, 3.8) is 0 Å². The fourth-order valence-electron chi connectivity index (χ4n) is 0.608. The summed E-state index contributed by atoms with van der Waals surface area (Å²) in [7, 11) is 0. The lowest BCUT2D eigenvalue weighted by atomic mass is 10.5.